The minimum absolute atomic E-state index is 0.134. The minimum Gasteiger partial charge on any atom is -0.377 e. The van der Waals surface area contributed by atoms with E-state index in [2.05, 4.69) is 4.72 Å². The van der Waals surface area contributed by atoms with Gasteiger partial charge in [0.05, 0.1) is 12.7 Å². The lowest BCUT2D eigenvalue weighted by Gasteiger charge is -2.33. The molecule has 0 bridgehead atoms. The van der Waals surface area contributed by atoms with E-state index in [0.29, 0.717) is 26.2 Å². The molecule has 0 unspecified atom stereocenters. The standard InChI is InChI=1S/C11H25N3O3S/c1-11(2,3)13-18(15,16)14-7-4-10(5-8-14)17-9-6-12/h10,13H,4-9,12H2,1-3H3. The van der Waals surface area contributed by atoms with Crippen LogP contribution in [0.4, 0.5) is 0 Å². The van der Waals surface area contributed by atoms with E-state index < -0.39 is 15.7 Å². The van der Waals surface area contributed by atoms with Crippen LogP contribution >= 0.6 is 0 Å². The smallest absolute Gasteiger partial charge is 0.279 e. The maximum atomic E-state index is 12.1. The Morgan fingerprint density at radius 2 is 1.89 bits per heavy atom. The number of nitrogens with zero attached hydrogens (tertiary/aromatic N) is 1. The quantitative estimate of drug-likeness (QED) is 0.745. The van der Waals surface area contributed by atoms with Gasteiger partial charge in [-0.3, -0.25) is 0 Å². The van der Waals surface area contributed by atoms with Gasteiger partial charge in [-0.2, -0.15) is 17.4 Å². The van der Waals surface area contributed by atoms with Crippen molar-refractivity contribution < 1.29 is 13.2 Å². The van der Waals surface area contributed by atoms with Crippen molar-refractivity contribution in [1.82, 2.24) is 9.03 Å². The Hall–Kier alpha value is -0.210. The fraction of sp³-hybridized carbons (Fsp3) is 1.00. The maximum Gasteiger partial charge on any atom is 0.279 e. The molecule has 18 heavy (non-hydrogen) atoms. The van der Waals surface area contributed by atoms with Gasteiger partial charge >= 0.3 is 0 Å². The first kappa shape index (κ1) is 15.8. The summed E-state index contributed by atoms with van der Waals surface area (Å²) >= 11 is 0. The Bertz CT molecular complexity index is 343. The number of rotatable bonds is 5. The van der Waals surface area contributed by atoms with Gasteiger partial charge in [0.1, 0.15) is 0 Å². The van der Waals surface area contributed by atoms with Gasteiger partial charge in [0.15, 0.2) is 0 Å². The largest absolute Gasteiger partial charge is 0.377 e. The number of nitrogens with one attached hydrogen (secondary N) is 1. The van der Waals surface area contributed by atoms with E-state index in [1.165, 1.54) is 4.31 Å². The van der Waals surface area contributed by atoms with E-state index in [9.17, 15) is 8.42 Å². The fourth-order valence-electron chi connectivity index (χ4n) is 1.93. The molecule has 0 amide bonds. The summed E-state index contributed by atoms with van der Waals surface area (Å²) in [5.41, 5.74) is 4.92. The zero-order chi connectivity index (χ0) is 13.8. The van der Waals surface area contributed by atoms with Crippen LogP contribution in [0.3, 0.4) is 0 Å². The number of ether oxygens (including phenoxy) is 1. The molecule has 0 aromatic carbocycles. The van der Waals surface area contributed by atoms with Gasteiger partial charge in [-0.15, -0.1) is 0 Å². The van der Waals surface area contributed by atoms with Crippen molar-refractivity contribution in [2.24, 2.45) is 5.73 Å². The molecular formula is C11H25N3O3S. The highest BCUT2D eigenvalue weighted by molar-refractivity contribution is 7.87. The number of hydrogen-bond acceptors (Lipinski definition) is 4. The molecule has 6 nitrogen and oxygen atoms in total. The van der Waals surface area contributed by atoms with Crippen molar-refractivity contribution in [3.05, 3.63) is 0 Å². The normalized spacial score (nSPS) is 20.2. The molecule has 0 radical (unpaired) electrons. The van der Waals surface area contributed by atoms with Gasteiger partial charge in [0.2, 0.25) is 0 Å². The highest BCUT2D eigenvalue weighted by Gasteiger charge is 2.30. The molecule has 1 fully saturated rings. The van der Waals surface area contributed by atoms with E-state index in [0.717, 1.165) is 12.8 Å². The molecule has 0 atom stereocenters. The first-order valence-corrected chi connectivity index (χ1v) is 7.79. The van der Waals surface area contributed by atoms with Gasteiger partial charge < -0.3 is 10.5 Å². The summed E-state index contributed by atoms with van der Waals surface area (Å²) in [6.45, 7) is 7.55. The monoisotopic (exact) mass is 279 g/mol. The van der Waals surface area contributed by atoms with Crippen molar-refractivity contribution in [2.75, 3.05) is 26.2 Å². The van der Waals surface area contributed by atoms with Crippen molar-refractivity contribution in [1.29, 1.82) is 0 Å². The highest BCUT2D eigenvalue weighted by Crippen LogP contribution is 2.17. The first-order chi connectivity index (χ1) is 8.24. The van der Waals surface area contributed by atoms with Gasteiger partial charge in [-0.25, -0.2) is 0 Å². The summed E-state index contributed by atoms with van der Waals surface area (Å²) in [4.78, 5) is 0. The van der Waals surface area contributed by atoms with Crippen LogP contribution < -0.4 is 10.5 Å². The molecule has 7 heteroatoms. The minimum atomic E-state index is -3.38. The van der Waals surface area contributed by atoms with Crippen molar-refractivity contribution in [2.45, 2.75) is 45.3 Å². The molecule has 3 N–H and O–H groups in total. The molecule has 1 aliphatic heterocycles. The number of nitrogens with two attached hydrogens (primary N) is 1. The Labute approximate surface area is 110 Å². The van der Waals surface area contributed by atoms with Crippen LogP contribution in [0.25, 0.3) is 0 Å². The van der Waals surface area contributed by atoms with Crippen LogP contribution in [0.1, 0.15) is 33.6 Å². The zero-order valence-corrected chi connectivity index (χ0v) is 12.3. The molecule has 0 aromatic heterocycles. The summed E-state index contributed by atoms with van der Waals surface area (Å²) in [7, 11) is -3.38. The third kappa shape index (κ3) is 5.19. The lowest BCUT2D eigenvalue weighted by atomic mass is 10.1. The lowest BCUT2D eigenvalue weighted by molar-refractivity contribution is 0.0255. The lowest BCUT2D eigenvalue weighted by Crippen LogP contribution is -2.51. The summed E-state index contributed by atoms with van der Waals surface area (Å²) in [6.07, 6.45) is 1.59. The molecule has 1 heterocycles. The van der Waals surface area contributed by atoms with Crippen molar-refractivity contribution in [3.63, 3.8) is 0 Å². The average Bonchev–Trinajstić information content (AvgIpc) is 2.23. The molecule has 0 saturated carbocycles. The Morgan fingerprint density at radius 3 is 2.33 bits per heavy atom. The summed E-state index contributed by atoms with van der Waals surface area (Å²) in [5.74, 6) is 0. The van der Waals surface area contributed by atoms with E-state index >= 15 is 0 Å². The summed E-state index contributed by atoms with van der Waals surface area (Å²) in [5, 5.41) is 0. The summed E-state index contributed by atoms with van der Waals surface area (Å²) in [6, 6.07) is 0. The molecular weight excluding hydrogens is 254 g/mol. The van der Waals surface area contributed by atoms with E-state index in [4.69, 9.17) is 10.5 Å². The van der Waals surface area contributed by atoms with Gasteiger partial charge in [-0.1, -0.05) is 0 Å². The third-order valence-corrected chi connectivity index (χ3v) is 4.56. The molecule has 1 aliphatic rings. The Balaban J connectivity index is 2.47. The van der Waals surface area contributed by atoms with Crippen LogP contribution in [0.2, 0.25) is 0 Å². The molecule has 0 aliphatic carbocycles. The van der Waals surface area contributed by atoms with Gasteiger partial charge in [0.25, 0.3) is 10.2 Å². The Kier molecular flexibility index (Phi) is 5.54. The molecule has 0 aromatic rings. The number of hydrogen-bond donors (Lipinski definition) is 2. The number of piperidine rings is 1. The molecule has 108 valence electrons. The van der Waals surface area contributed by atoms with E-state index in [1.54, 1.807) is 0 Å². The van der Waals surface area contributed by atoms with Crippen LogP contribution in [0.15, 0.2) is 0 Å². The van der Waals surface area contributed by atoms with Crippen LogP contribution in [-0.2, 0) is 14.9 Å². The second-order valence-electron chi connectivity index (χ2n) is 5.61. The zero-order valence-electron chi connectivity index (χ0n) is 11.5. The topological polar surface area (TPSA) is 84.7 Å². The van der Waals surface area contributed by atoms with E-state index in [-0.39, 0.29) is 6.10 Å². The highest BCUT2D eigenvalue weighted by atomic mass is 32.2. The molecule has 0 spiro atoms. The molecule has 1 saturated heterocycles. The second-order valence-corrected chi connectivity index (χ2v) is 7.29. The van der Waals surface area contributed by atoms with E-state index in [1.807, 2.05) is 20.8 Å². The summed E-state index contributed by atoms with van der Waals surface area (Å²) < 4.78 is 33.8. The predicted molar refractivity (Wildman–Crippen MR) is 71.4 cm³/mol. The first-order valence-electron chi connectivity index (χ1n) is 6.35. The van der Waals surface area contributed by atoms with Crippen LogP contribution in [0, 0.1) is 0 Å². The van der Waals surface area contributed by atoms with Crippen LogP contribution in [-0.4, -0.2) is 50.6 Å². The maximum absolute atomic E-state index is 12.1. The SMILES string of the molecule is CC(C)(C)NS(=O)(=O)N1CCC(OCCN)CC1. The second kappa shape index (κ2) is 6.29. The average molecular weight is 279 g/mol. The van der Waals surface area contributed by atoms with Crippen LogP contribution in [0.5, 0.6) is 0 Å². The van der Waals surface area contributed by atoms with Crippen molar-refractivity contribution >= 4 is 10.2 Å². The van der Waals surface area contributed by atoms with Gasteiger partial charge in [0, 0.05) is 25.2 Å². The third-order valence-electron chi connectivity index (χ3n) is 2.65. The van der Waals surface area contributed by atoms with Gasteiger partial charge in [-0.05, 0) is 33.6 Å². The molecule has 1 rings (SSSR count). The fourth-order valence-corrected chi connectivity index (χ4v) is 3.52. The Morgan fingerprint density at radius 1 is 1.33 bits per heavy atom. The predicted octanol–water partition coefficient (Wildman–Crippen LogP) is 0.0590. The van der Waals surface area contributed by atoms with Crippen molar-refractivity contribution in [3.8, 4) is 0 Å².